The number of carbonyl (C=O) groups is 4. The van der Waals surface area contributed by atoms with Crippen LogP contribution >= 0.6 is 0 Å². The van der Waals surface area contributed by atoms with E-state index in [0.29, 0.717) is 18.8 Å². The maximum atomic E-state index is 10.4. The van der Waals surface area contributed by atoms with Crippen molar-refractivity contribution in [2.75, 3.05) is 0 Å². The SMILES string of the molecule is CC(C)C[C@H](N)C(=O)O.N[C@@H](CCC(=O)O)C(=O)O.N[C@@H](Cc1ccccc1)C(=O)O. The lowest BCUT2D eigenvalue weighted by atomic mass is 10.1. The molecule has 0 bridgehead atoms. The van der Waals surface area contributed by atoms with Gasteiger partial charge in [-0.05, 0) is 30.7 Å². The molecule has 1 aromatic carbocycles. The Morgan fingerprint density at radius 1 is 0.774 bits per heavy atom. The minimum Gasteiger partial charge on any atom is -0.481 e. The van der Waals surface area contributed by atoms with Crippen LogP contribution in [0.15, 0.2) is 30.3 Å². The topological polar surface area (TPSA) is 227 Å². The van der Waals surface area contributed by atoms with Crippen molar-refractivity contribution in [3.05, 3.63) is 35.9 Å². The second kappa shape index (κ2) is 16.7. The summed E-state index contributed by atoms with van der Waals surface area (Å²) in [6.45, 7) is 3.89. The average molecular weight is 443 g/mol. The van der Waals surface area contributed by atoms with Gasteiger partial charge < -0.3 is 37.6 Å². The zero-order chi connectivity index (χ0) is 24.6. The fourth-order valence-electron chi connectivity index (χ4n) is 1.97. The van der Waals surface area contributed by atoms with Gasteiger partial charge in [-0.2, -0.15) is 0 Å². The first-order valence-electron chi connectivity index (χ1n) is 9.48. The zero-order valence-corrected chi connectivity index (χ0v) is 17.7. The summed E-state index contributed by atoms with van der Waals surface area (Å²) >= 11 is 0. The summed E-state index contributed by atoms with van der Waals surface area (Å²) in [5.74, 6) is -3.71. The van der Waals surface area contributed by atoms with E-state index in [1.807, 2.05) is 44.2 Å². The molecule has 176 valence electrons. The smallest absolute Gasteiger partial charge is 0.320 e. The van der Waals surface area contributed by atoms with Crippen LogP contribution < -0.4 is 17.2 Å². The van der Waals surface area contributed by atoms with Gasteiger partial charge in [-0.25, -0.2) is 0 Å². The predicted octanol–water partition coefficient (Wildman–Crippen LogP) is 0.349. The van der Waals surface area contributed by atoms with Crippen LogP contribution in [0, 0.1) is 5.92 Å². The van der Waals surface area contributed by atoms with Gasteiger partial charge in [0, 0.05) is 6.42 Å². The highest BCUT2D eigenvalue weighted by molar-refractivity contribution is 5.75. The van der Waals surface area contributed by atoms with Crippen molar-refractivity contribution in [1.29, 1.82) is 0 Å². The number of aliphatic carboxylic acids is 4. The quantitative estimate of drug-likeness (QED) is 0.261. The second-order valence-corrected chi connectivity index (χ2v) is 7.09. The summed E-state index contributed by atoms with van der Waals surface area (Å²) in [4.78, 5) is 40.4. The molecule has 0 aromatic heterocycles. The van der Waals surface area contributed by atoms with E-state index >= 15 is 0 Å². The molecule has 1 rings (SSSR count). The standard InChI is InChI=1S/C9H11NO2.C6H13NO2.C5H9NO4/c10-8(9(11)12)6-7-4-2-1-3-5-7;1-4(2)3-5(7)6(8)9;6-3(5(9)10)1-2-4(7)8/h1-5,8H,6,10H2,(H,11,12);4-5H,3,7H2,1-2H3,(H,8,9);3H,1-2,6H2,(H,7,8)(H,9,10)/t8-;5-;3-/m000/s1. The van der Waals surface area contributed by atoms with Gasteiger partial charge in [0.15, 0.2) is 0 Å². The van der Waals surface area contributed by atoms with Crippen molar-refractivity contribution in [3.8, 4) is 0 Å². The van der Waals surface area contributed by atoms with E-state index in [1.54, 1.807) is 0 Å². The van der Waals surface area contributed by atoms with Gasteiger partial charge in [0.25, 0.3) is 0 Å². The first-order chi connectivity index (χ1) is 14.3. The van der Waals surface area contributed by atoms with Crippen molar-refractivity contribution in [3.63, 3.8) is 0 Å². The van der Waals surface area contributed by atoms with Gasteiger partial charge in [-0.1, -0.05) is 44.2 Å². The Morgan fingerprint density at radius 2 is 1.23 bits per heavy atom. The summed E-state index contributed by atoms with van der Waals surface area (Å²) in [5, 5.41) is 33.1. The van der Waals surface area contributed by atoms with E-state index in [9.17, 15) is 19.2 Å². The molecule has 11 heteroatoms. The minimum absolute atomic E-state index is 0.0231. The van der Waals surface area contributed by atoms with Crippen molar-refractivity contribution in [1.82, 2.24) is 0 Å². The molecule has 0 radical (unpaired) electrons. The molecule has 0 aliphatic carbocycles. The Kier molecular flexibility index (Phi) is 16.3. The molecule has 11 nitrogen and oxygen atoms in total. The summed E-state index contributed by atoms with van der Waals surface area (Å²) in [7, 11) is 0. The zero-order valence-electron chi connectivity index (χ0n) is 17.7. The number of hydrogen-bond donors (Lipinski definition) is 7. The lowest BCUT2D eigenvalue weighted by molar-refractivity contribution is -0.141. The normalized spacial score (nSPS) is 12.8. The molecular formula is C20H33N3O8. The molecule has 3 atom stereocenters. The number of rotatable bonds is 10. The third-order valence-electron chi connectivity index (χ3n) is 3.64. The molecule has 0 fully saturated rings. The van der Waals surface area contributed by atoms with Crippen molar-refractivity contribution < 1.29 is 39.6 Å². The van der Waals surface area contributed by atoms with Crippen LogP contribution in [0.25, 0.3) is 0 Å². The Bertz CT molecular complexity index is 682. The number of benzene rings is 1. The highest BCUT2D eigenvalue weighted by Gasteiger charge is 2.13. The lowest BCUT2D eigenvalue weighted by Crippen LogP contribution is -2.32. The molecule has 0 heterocycles. The number of nitrogens with two attached hydrogens (primary N) is 3. The molecule has 0 unspecified atom stereocenters. The van der Waals surface area contributed by atoms with Crippen LogP contribution in [0.1, 0.15) is 38.7 Å². The molecular weight excluding hydrogens is 410 g/mol. The van der Waals surface area contributed by atoms with E-state index in [-0.39, 0.29) is 12.8 Å². The summed E-state index contributed by atoms with van der Waals surface area (Å²) in [5.41, 5.74) is 16.5. The largest absolute Gasteiger partial charge is 0.481 e. The van der Waals surface area contributed by atoms with Crippen LogP contribution in [0.3, 0.4) is 0 Å². The van der Waals surface area contributed by atoms with E-state index < -0.39 is 42.0 Å². The summed E-state index contributed by atoms with van der Waals surface area (Å²) in [6, 6.07) is 6.79. The summed E-state index contributed by atoms with van der Waals surface area (Å²) < 4.78 is 0. The monoisotopic (exact) mass is 443 g/mol. The van der Waals surface area contributed by atoms with Gasteiger partial charge in [0.2, 0.25) is 0 Å². The maximum absolute atomic E-state index is 10.4. The van der Waals surface area contributed by atoms with Crippen LogP contribution in [0.5, 0.6) is 0 Å². The Hall–Kier alpha value is -3.02. The molecule has 0 aliphatic heterocycles. The molecule has 0 saturated heterocycles. The van der Waals surface area contributed by atoms with E-state index in [4.69, 9.17) is 37.6 Å². The third kappa shape index (κ3) is 18.7. The van der Waals surface area contributed by atoms with Gasteiger partial charge in [0.1, 0.15) is 18.1 Å². The second-order valence-electron chi connectivity index (χ2n) is 7.09. The first-order valence-corrected chi connectivity index (χ1v) is 9.48. The van der Waals surface area contributed by atoms with Gasteiger partial charge in [-0.15, -0.1) is 0 Å². The van der Waals surface area contributed by atoms with E-state index in [0.717, 1.165) is 5.56 Å². The predicted molar refractivity (Wildman–Crippen MR) is 113 cm³/mol. The van der Waals surface area contributed by atoms with Crippen LogP contribution in [-0.2, 0) is 25.6 Å². The Balaban J connectivity index is 0. The molecule has 10 N–H and O–H groups in total. The fraction of sp³-hybridized carbons (Fsp3) is 0.500. The highest BCUT2D eigenvalue weighted by atomic mass is 16.4. The van der Waals surface area contributed by atoms with Crippen LogP contribution in [-0.4, -0.2) is 62.4 Å². The van der Waals surface area contributed by atoms with Crippen molar-refractivity contribution in [2.24, 2.45) is 23.1 Å². The molecule has 0 saturated carbocycles. The average Bonchev–Trinajstić information content (AvgIpc) is 2.67. The molecule has 0 spiro atoms. The van der Waals surface area contributed by atoms with Crippen LogP contribution in [0.2, 0.25) is 0 Å². The molecule has 0 aliphatic rings. The van der Waals surface area contributed by atoms with Crippen LogP contribution in [0.4, 0.5) is 0 Å². The van der Waals surface area contributed by atoms with E-state index in [2.05, 4.69) is 0 Å². The third-order valence-corrected chi connectivity index (χ3v) is 3.64. The van der Waals surface area contributed by atoms with Crippen molar-refractivity contribution >= 4 is 23.9 Å². The summed E-state index contributed by atoms with van der Waals surface area (Å²) in [6.07, 6.45) is 0.712. The van der Waals surface area contributed by atoms with Crippen molar-refractivity contribution in [2.45, 2.75) is 57.7 Å². The minimum atomic E-state index is -1.17. The fourth-order valence-corrected chi connectivity index (χ4v) is 1.97. The Morgan fingerprint density at radius 3 is 1.55 bits per heavy atom. The molecule has 31 heavy (non-hydrogen) atoms. The molecule has 1 aromatic rings. The lowest BCUT2D eigenvalue weighted by Gasteiger charge is -2.07. The number of carboxylic acids is 4. The maximum Gasteiger partial charge on any atom is 0.320 e. The van der Waals surface area contributed by atoms with E-state index in [1.165, 1.54) is 0 Å². The number of hydrogen-bond acceptors (Lipinski definition) is 7. The first kappa shape index (κ1) is 30.2. The van der Waals surface area contributed by atoms with Gasteiger partial charge >= 0.3 is 23.9 Å². The number of carboxylic acid groups (broad SMARTS) is 4. The highest BCUT2D eigenvalue weighted by Crippen LogP contribution is 2.02. The Labute approximate surface area is 180 Å². The van der Waals surface area contributed by atoms with Gasteiger partial charge in [0.05, 0.1) is 0 Å². The van der Waals surface area contributed by atoms with Gasteiger partial charge in [-0.3, -0.25) is 19.2 Å². The molecule has 0 amide bonds.